The van der Waals surface area contributed by atoms with Gasteiger partial charge in [-0.15, -0.1) is 6.58 Å². The van der Waals surface area contributed by atoms with Gasteiger partial charge in [-0.05, 0) is 19.9 Å². The summed E-state index contributed by atoms with van der Waals surface area (Å²) in [6, 6.07) is 0.414. The Morgan fingerprint density at radius 2 is 2.50 bits per heavy atom. The molecule has 1 aliphatic heterocycles. The maximum atomic E-state index is 5.61. The van der Waals surface area contributed by atoms with Crippen LogP contribution in [0, 0.1) is 5.92 Å². The van der Waals surface area contributed by atoms with Crippen LogP contribution in [0.1, 0.15) is 19.8 Å². The molecule has 3 unspecified atom stereocenters. The Balaban J connectivity index is 2.52. The lowest BCUT2D eigenvalue weighted by molar-refractivity contribution is 0.0825. The Kier molecular flexibility index (Phi) is 3.76. The molecule has 1 rings (SSSR count). The summed E-state index contributed by atoms with van der Waals surface area (Å²) < 4.78 is 5.61. The summed E-state index contributed by atoms with van der Waals surface area (Å²) >= 11 is 0. The molecule has 2 nitrogen and oxygen atoms in total. The molecule has 1 saturated heterocycles. The molecular weight excluding hydrogens is 150 g/mol. The number of likely N-dealkylation sites (N-methyl/N-ethyl adjacent to an activating group) is 1. The smallest absolute Gasteiger partial charge is 0.0619 e. The molecule has 1 N–H and O–H groups in total. The molecule has 0 radical (unpaired) electrons. The summed E-state index contributed by atoms with van der Waals surface area (Å²) in [6.07, 6.45) is 4.69. The lowest BCUT2D eigenvalue weighted by atomic mass is 9.91. The molecule has 1 aliphatic rings. The molecule has 0 aromatic rings. The number of ether oxygens (including phenoxy) is 1. The van der Waals surface area contributed by atoms with E-state index in [2.05, 4.69) is 18.8 Å². The molecular formula is C10H19NO. The zero-order valence-corrected chi connectivity index (χ0v) is 8.05. The zero-order chi connectivity index (χ0) is 8.97. The van der Waals surface area contributed by atoms with Crippen LogP contribution in [0.3, 0.4) is 0 Å². The molecule has 0 spiro atoms. The molecule has 70 valence electrons. The van der Waals surface area contributed by atoms with Gasteiger partial charge in [-0.25, -0.2) is 0 Å². The topological polar surface area (TPSA) is 21.3 Å². The Morgan fingerprint density at radius 1 is 1.75 bits per heavy atom. The zero-order valence-electron chi connectivity index (χ0n) is 8.05. The molecule has 0 aliphatic carbocycles. The Labute approximate surface area is 75.0 Å². The fourth-order valence-corrected chi connectivity index (χ4v) is 2.00. The summed E-state index contributed by atoms with van der Waals surface area (Å²) in [5.74, 6) is 0.623. The van der Waals surface area contributed by atoms with Crippen LogP contribution < -0.4 is 5.32 Å². The SMILES string of the molecule is C=CC(NC)C1CCOC1CC. The van der Waals surface area contributed by atoms with E-state index < -0.39 is 0 Å². The Hall–Kier alpha value is -0.340. The molecule has 2 heteroatoms. The first-order valence-corrected chi connectivity index (χ1v) is 4.74. The quantitative estimate of drug-likeness (QED) is 0.645. The fourth-order valence-electron chi connectivity index (χ4n) is 2.00. The van der Waals surface area contributed by atoms with Gasteiger partial charge in [0.25, 0.3) is 0 Å². The van der Waals surface area contributed by atoms with Crippen LogP contribution >= 0.6 is 0 Å². The van der Waals surface area contributed by atoms with Crippen molar-refractivity contribution in [1.29, 1.82) is 0 Å². The van der Waals surface area contributed by atoms with Gasteiger partial charge in [0, 0.05) is 18.6 Å². The van der Waals surface area contributed by atoms with E-state index in [1.165, 1.54) is 0 Å². The maximum Gasteiger partial charge on any atom is 0.0619 e. The van der Waals surface area contributed by atoms with Gasteiger partial charge < -0.3 is 10.1 Å². The van der Waals surface area contributed by atoms with Crippen LogP contribution in [0.5, 0.6) is 0 Å². The van der Waals surface area contributed by atoms with Gasteiger partial charge in [0.1, 0.15) is 0 Å². The molecule has 12 heavy (non-hydrogen) atoms. The van der Waals surface area contributed by atoms with Crippen molar-refractivity contribution in [3.05, 3.63) is 12.7 Å². The molecule has 0 bridgehead atoms. The predicted molar refractivity (Wildman–Crippen MR) is 51.2 cm³/mol. The van der Waals surface area contributed by atoms with Crippen molar-refractivity contribution >= 4 is 0 Å². The van der Waals surface area contributed by atoms with Crippen LogP contribution in [0.25, 0.3) is 0 Å². The third-order valence-corrected chi connectivity index (χ3v) is 2.71. The first-order chi connectivity index (χ1) is 5.83. The highest BCUT2D eigenvalue weighted by Gasteiger charge is 2.31. The van der Waals surface area contributed by atoms with E-state index in [4.69, 9.17) is 4.74 Å². The lowest BCUT2D eigenvalue weighted by Crippen LogP contribution is -2.35. The van der Waals surface area contributed by atoms with Crippen molar-refractivity contribution in [2.75, 3.05) is 13.7 Å². The van der Waals surface area contributed by atoms with Crippen LogP contribution in [0.2, 0.25) is 0 Å². The number of hydrogen-bond acceptors (Lipinski definition) is 2. The summed E-state index contributed by atoms with van der Waals surface area (Å²) in [6.45, 7) is 6.92. The van der Waals surface area contributed by atoms with Gasteiger partial charge in [0.15, 0.2) is 0 Å². The molecule has 0 amide bonds. The van der Waals surface area contributed by atoms with Crippen molar-refractivity contribution in [3.63, 3.8) is 0 Å². The molecule has 1 fully saturated rings. The van der Waals surface area contributed by atoms with Gasteiger partial charge in [-0.2, -0.15) is 0 Å². The summed E-state index contributed by atoms with van der Waals surface area (Å²) in [4.78, 5) is 0. The normalized spacial score (nSPS) is 31.8. The van der Waals surface area contributed by atoms with Crippen molar-refractivity contribution in [1.82, 2.24) is 5.32 Å². The van der Waals surface area contributed by atoms with E-state index >= 15 is 0 Å². The second-order valence-electron chi connectivity index (χ2n) is 3.32. The van der Waals surface area contributed by atoms with Gasteiger partial charge in [0.05, 0.1) is 6.10 Å². The van der Waals surface area contributed by atoms with E-state index in [1.54, 1.807) is 0 Å². The first-order valence-electron chi connectivity index (χ1n) is 4.74. The van der Waals surface area contributed by atoms with Crippen LogP contribution in [0.4, 0.5) is 0 Å². The minimum Gasteiger partial charge on any atom is -0.378 e. The molecule has 0 aromatic carbocycles. The lowest BCUT2D eigenvalue weighted by Gasteiger charge is -2.23. The van der Waals surface area contributed by atoms with Crippen molar-refractivity contribution in [2.24, 2.45) is 5.92 Å². The monoisotopic (exact) mass is 169 g/mol. The summed E-state index contributed by atoms with van der Waals surface area (Å²) in [7, 11) is 1.98. The van der Waals surface area contributed by atoms with Crippen LogP contribution in [-0.2, 0) is 4.74 Å². The second-order valence-corrected chi connectivity index (χ2v) is 3.32. The van der Waals surface area contributed by atoms with E-state index in [0.717, 1.165) is 19.4 Å². The second kappa shape index (κ2) is 4.63. The van der Waals surface area contributed by atoms with Crippen LogP contribution in [-0.4, -0.2) is 25.8 Å². The van der Waals surface area contributed by atoms with Crippen molar-refractivity contribution in [2.45, 2.75) is 31.9 Å². The average Bonchev–Trinajstić information content (AvgIpc) is 2.55. The van der Waals surface area contributed by atoms with E-state index in [9.17, 15) is 0 Å². The van der Waals surface area contributed by atoms with Gasteiger partial charge in [-0.1, -0.05) is 13.0 Å². The minimum atomic E-state index is 0.414. The largest absolute Gasteiger partial charge is 0.378 e. The Morgan fingerprint density at radius 3 is 3.00 bits per heavy atom. The number of nitrogens with one attached hydrogen (secondary N) is 1. The summed E-state index contributed by atoms with van der Waals surface area (Å²) in [5.41, 5.74) is 0. The third-order valence-electron chi connectivity index (χ3n) is 2.71. The third kappa shape index (κ3) is 1.87. The highest BCUT2D eigenvalue weighted by Crippen LogP contribution is 2.26. The van der Waals surface area contributed by atoms with Crippen molar-refractivity contribution in [3.8, 4) is 0 Å². The van der Waals surface area contributed by atoms with Gasteiger partial charge in [0.2, 0.25) is 0 Å². The fraction of sp³-hybridized carbons (Fsp3) is 0.800. The highest BCUT2D eigenvalue weighted by atomic mass is 16.5. The molecule has 0 saturated carbocycles. The van der Waals surface area contributed by atoms with Crippen molar-refractivity contribution < 1.29 is 4.74 Å². The molecule has 0 aromatic heterocycles. The highest BCUT2D eigenvalue weighted by molar-refractivity contribution is 4.95. The van der Waals surface area contributed by atoms with E-state index in [0.29, 0.717) is 18.1 Å². The minimum absolute atomic E-state index is 0.414. The average molecular weight is 169 g/mol. The van der Waals surface area contributed by atoms with Crippen LogP contribution in [0.15, 0.2) is 12.7 Å². The first kappa shape index (κ1) is 9.75. The van der Waals surface area contributed by atoms with E-state index in [1.807, 2.05) is 13.1 Å². The number of rotatable bonds is 4. The predicted octanol–water partition coefficient (Wildman–Crippen LogP) is 1.58. The maximum absolute atomic E-state index is 5.61. The van der Waals surface area contributed by atoms with E-state index in [-0.39, 0.29) is 0 Å². The summed E-state index contributed by atoms with van der Waals surface area (Å²) in [5, 5.41) is 3.26. The Bertz CT molecular complexity index is 147. The van der Waals surface area contributed by atoms with Gasteiger partial charge in [-0.3, -0.25) is 0 Å². The molecule has 3 atom stereocenters. The molecule has 1 heterocycles. The van der Waals surface area contributed by atoms with Gasteiger partial charge >= 0.3 is 0 Å². The standard InChI is InChI=1S/C10H19NO/c1-4-9(11-3)8-6-7-12-10(8)5-2/h4,8-11H,1,5-7H2,2-3H3. The number of hydrogen-bond donors (Lipinski definition) is 1.